The summed E-state index contributed by atoms with van der Waals surface area (Å²) in [6, 6.07) is 2.26. The molecule has 1 aliphatic rings. The van der Waals surface area contributed by atoms with Crippen LogP contribution in [0.3, 0.4) is 0 Å². The maximum Gasteiger partial charge on any atom is 0.434 e. The largest absolute Gasteiger partial charge is 0.459 e. The van der Waals surface area contributed by atoms with E-state index >= 15 is 0 Å². The number of carbonyl (C=O) groups is 1. The van der Waals surface area contributed by atoms with Gasteiger partial charge in [-0.3, -0.25) is 4.79 Å². The van der Waals surface area contributed by atoms with Crippen molar-refractivity contribution in [3.05, 3.63) is 53.4 Å². The first-order chi connectivity index (χ1) is 13.8. The topological polar surface area (TPSA) is 102 Å². The SMILES string of the molecule is C[C@]1(c2cc(NC(=O)c3cnc(C(F)(F)F)cn3)ccc2F)N=C(N)OCC1(F)F. The lowest BCUT2D eigenvalue weighted by Gasteiger charge is -2.37. The molecule has 2 aromatic rings. The molecule has 0 spiro atoms. The summed E-state index contributed by atoms with van der Waals surface area (Å²) in [6.45, 7) is -0.177. The van der Waals surface area contributed by atoms with Crippen LogP contribution in [0, 0.1) is 5.82 Å². The fourth-order valence-corrected chi connectivity index (χ4v) is 2.66. The van der Waals surface area contributed by atoms with Crippen molar-refractivity contribution < 1.29 is 35.9 Å². The van der Waals surface area contributed by atoms with Crippen LogP contribution < -0.4 is 11.1 Å². The quantitative estimate of drug-likeness (QED) is 0.725. The second-order valence-electron chi connectivity index (χ2n) is 6.45. The number of aliphatic imine (C=N–C) groups is 1. The number of alkyl halides is 5. The number of ether oxygens (including phenoxy) is 1. The standard InChI is InChI=1S/C17H13F6N5O2/c1-15(16(19,20)7-30-14(24)28-15)9-4-8(2-3-10(9)18)27-13(29)11-5-26-12(6-25-11)17(21,22)23/h2-6H,7H2,1H3,(H2,24,28)(H,27,29)/t15-/m1/s1. The highest BCUT2D eigenvalue weighted by molar-refractivity contribution is 6.02. The van der Waals surface area contributed by atoms with Crippen molar-refractivity contribution in [3.8, 4) is 0 Å². The van der Waals surface area contributed by atoms with E-state index in [9.17, 15) is 31.1 Å². The number of aromatic nitrogens is 2. The van der Waals surface area contributed by atoms with Crippen molar-refractivity contribution in [2.75, 3.05) is 11.9 Å². The highest BCUT2D eigenvalue weighted by Crippen LogP contribution is 2.44. The number of rotatable bonds is 3. The van der Waals surface area contributed by atoms with Gasteiger partial charge in [0.05, 0.1) is 12.4 Å². The predicted molar refractivity (Wildman–Crippen MR) is 91.3 cm³/mol. The van der Waals surface area contributed by atoms with Gasteiger partial charge in [0, 0.05) is 11.3 Å². The van der Waals surface area contributed by atoms with E-state index in [1.54, 1.807) is 0 Å². The molecule has 1 aliphatic heterocycles. The number of hydrogen-bond acceptors (Lipinski definition) is 6. The van der Waals surface area contributed by atoms with Crippen molar-refractivity contribution in [2.24, 2.45) is 10.7 Å². The second kappa shape index (κ2) is 7.15. The van der Waals surface area contributed by atoms with Gasteiger partial charge in [-0.05, 0) is 25.1 Å². The van der Waals surface area contributed by atoms with Crippen molar-refractivity contribution in [2.45, 2.75) is 24.6 Å². The monoisotopic (exact) mass is 433 g/mol. The molecule has 1 atom stereocenters. The van der Waals surface area contributed by atoms with Gasteiger partial charge in [-0.25, -0.2) is 19.4 Å². The Hall–Kier alpha value is -3.38. The number of nitrogens with zero attached hydrogens (tertiary/aromatic N) is 3. The molecular weight excluding hydrogens is 420 g/mol. The van der Waals surface area contributed by atoms with Gasteiger partial charge in [0.1, 0.15) is 11.5 Å². The lowest BCUT2D eigenvalue weighted by Crippen LogP contribution is -2.51. The zero-order chi connectivity index (χ0) is 22.3. The molecule has 13 heteroatoms. The Morgan fingerprint density at radius 1 is 1.23 bits per heavy atom. The van der Waals surface area contributed by atoms with Crippen LogP contribution in [0.1, 0.15) is 28.7 Å². The number of carbonyl (C=O) groups excluding carboxylic acids is 1. The first-order valence-corrected chi connectivity index (χ1v) is 8.20. The minimum atomic E-state index is -4.74. The molecule has 7 nitrogen and oxygen atoms in total. The lowest BCUT2D eigenvalue weighted by molar-refractivity contribution is -0.141. The van der Waals surface area contributed by atoms with Crippen LogP contribution in [0.4, 0.5) is 32.0 Å². The Morgan fingerprint density at radius 2 is 1.93 bits per heavy atom. The Kier molecular flexibility index (Phi) is 5.08. The Balaban J connectivity index is 1.90. The Bertz CT molecular complexity index is 1010. The van der Waals surface area contributed by atoms with E-state index in [1.807, 2.05) is 0 Å². The van der Waals surface area contributed by atoms with E-state index < -0.39 is 58.9 Å². The maximum atomic E-state index is 14.4. The van der Waals surface area contributed by atoms with Gasteiger partial charge in [0.25, 0.3) is 11.9 Å². The fraction of sp³-hybridized carbons (Fsp3) is 0.294. The summed E-state index contributed by atoms with van der Waals surface area (Å²) in [6.07, 6.45) is -3.77. The third-order valence-electron chi connectivity index (χ3n) is 4.37. The molecule has 2 heterocycles. The molecule has 3 rings (SSSR count). The summed E-state index contributed by atoms with van der Waals surface area (Å²) in [4.78, 5) is 22.2. The van der Waals surface area contributed by atoms with Crippen LogP contribution in [-0.2, 0) is 16.5 Å². The van der Waals surface area contributed by atoms with Crippen LogP contribution in [-0.4, -0.2) is 34.4 Å². The highest BCUT2D eigenvalue weighted by Gasteiger charge is 2.56. The summed E-state index contributed by atoms with van der Waals surface area (Å²) >= 11 is 0. The van der Waals surface area contributed by atoms with Gasteiger partial charge in [-0.1, -0.05) is 0 Å². The molecule has 1 aromatic carbocycles. The average molecular weight is 433 g/mol. The summed E-state index contributed by atoms with van der Waals surface area (Å²) in [5.41, 5.74) is 0.466. The molecule has 1 amide bonds. The van der Waals surface area contributed by atoms with Gasteiger partial charge in [0.2, 0.25) is 0 Å². The lowest BCUT2D eigenvalue weighted by atomic mass is 9.85. The summed E-state index contributed by atoms with van der Waals surface area (Å²) in [5, 5.41) is 2.23. The van der Waals surface area contributed by atoms with E-state index in [0.29, 0.717) is 12.4 Å². The number of amides is 1. The fourth-order valence-electron chi connectivity index (χ4n) is 2.66. The Labute approximate surface area is 165 Å². The molecule has 30 heavy (non-hydrogen) atoms. The van der Waals surface area contributed by atoms with Crippen molar-refractivity contribution in [1.29, 1.82) is 0 Å². The van der Waals surface area contributed by atoms with Crippen LogP contribution in [0.15, 0.2) is 35.6 Å². The molecule has 0 aliphatic carbocycles. The van der Waals surface area contributed by atoms with E-state index in [-0.39, 0.29) is 5.69 Å². The highest BCUT2D eigenvalue weighted by atomic mass is 19.4. The van der Waals surface area contributed by atoms with Crippen LogP contribution in [0.2, 0.25) is 0 Å². The molecule has 3 N–H and O–H groups in total. The molecule has 0 radical (unpaired) electrons. The van der Waals surface area contributed by atoms with Crippen molar-refractivity contribution in [3.63, 3.8) is 0 Å². The summed E-state index contributed by atoms with van der Waals surface area (Å²) in [7, 11) is 0. The molecule has 0 saturated carbocycles. The summed E-state index contributed by atoms with van der Waals surface area (Å²) in [5.74, 6) is -5.65. The van der Waals surface area contributed by atoms with Gasteiger partial charge >= 0.3 is 12.1 Å². The third-order valence-corrected chi connectivity index (χ3v) is 4.37. The summed E-state index contributed by atoms with van der Waals surface area (Å²) < 4.78 is 85.3. The van der Waals surface area contributed by atoms with E-state index in [1.165, 1.54) is 0 Å². The number of halogens is 6. The minimum Gasteiger partial charge on any atom is -0.459 e. The number of nitrogens with two attached hydrogens (primary N) is 1. The Morgan fingerprint density at radius 3 is 2.53 bits per heavy atom. The van der Waals surface area contributed by atoms with E-state index in [0.717, 1.165) is 25.1 Å². The van der Waals surface area contributed by atoms with Crippen molar-refractivity contribution >= 4 is 17.6 Å². The van der Waals surface area contributed by atoms with Crippen LogP contribution >= 0.6 is 0 Å². The maximum absolute atomic E-state index is 14.4. The van der Waals surface area contributed by atoms with Crippen LogP contribution in [0.25, 0.3) is 0 Å². The number of benzene rings is 1. The van der Waals surface area contributed by atoms with Crippen LogP contribution in [0.5, 0.6) is 0 Å². The van der Waals surface area contributed by atoms with Gasteiger partial charge in [0.15, 0.2) is 17.8 Å². The number of amidine groups is 1. The molecule has 1 aromatic heterocycles. The number of anilines is 1. The van der Waals surface area contributed by atoms with Crippen molar-refractivity contribution in [1.82, 2.24) is 9.97 Å². The number of hydrogen-bond donors (Lipinski definition) is 2. The molecular formula is C17H13F6N5O2. The normalized spacial score (nSPS) is 20.8. The predicted octanol–water partition coefficient (Wildman–Crippen LogP) is 3.08. The number of nitrogens with one attached hydrogen (secondary N) is 1. The molecule has 0 bridgehead atoms. The first kappa shape index (κ1) is 21.3. The average Bonchev–Trinajstić information content (AvgIpc) is 2.66. The van der Waals surface area contributed by atoms with Gasteiger partial charge < -0.3 is 15.8 Å². The van der Waals surface area contributed by atoms with E-state index in [2.05, 4.69) is 25.0 Å². The molecule has 160 valence electrons. The van der Waals surface area contributed by atoms with Gasteiger partial charge in [-0.15, -0.1) is 0 Å². The van der Waals surface area contributed by atoms with Gasteiger partial charge in [-0.2, -0.15) is 22.0 Å². The second-order valence-corrected chi connectivity index (χ2v) is 6.45. The molecule has 0 fully saturated rings. The zero-order valence-electron chi connectivity index (χ0n) is 15.1. The smallest absolute Gasteiger partial charge is 0.434 e. The third kappa shape index (κ3) is 3.86. The molecule has 0 unspecified atom stereocenters. The van der Waals surface area contributed by atoms with E-state index in [4.69, 9.17) is 5.73 Å². The zero-order valence-corrected chi connectivity index (χ0v) is 15.1. The first-order valence-electron chi connectivity index (χ1n) is 8.20. The molecule has 0 saturated heterocycles. The minimum absolute atomic E-state index is 0.129.